The van der Waals surface area contributed by atoms with E-state index in [-0.39, 0.29) is 17.1 Å². The van der Waals surface area contributed by atoms with Gasteiger partial charge in [-0.05, 0) is 60.2 Å². The molecule has 0 saturated heterocycles. The van der Waals surface area contributed by atoms with Gasteiger partial charge in [-0.2, -0.15) is 0 Å². The molecule has 1 aliphatic heterocycles. The van der Waals surface area contributed by atoms with Gasteiger partial charge in [-0.25, -0.2) is 0 Å². The van der Waals surface area contributed by atoms with Crippen molar-refractivity contribution in [3.8, 4) is 5.75 Å². The lowest BCUT2D eigenvalue weighted by molar-refractivity contribution is -0.118. The van der Waals surface area contributed by atoms with Crippen LogP contribution in [0, 0.1) is 5.41 Å². The Morgan fingerprint density at radius 3 is 2.39 bits per heavy atom. The van der Waals surface area contributed by atoms with Crippen molar-refractivity contribution >= 4 is 23.1 Å². The van der Waals surface area contributed by atoms with Crippen molar-refractivity contribution in [2.45, 2.75) is 58.9 Å². The Labute approximate surface area is 225 Å². The van der Waals surface area contributed by atoms with Crippen LogP contribution in [0.1, 0.15) is 74.8 Å². The number of hydrogen-bond acceptors (Lipinski definition) is 4. The number of unbranched alkanes of at least 4 members (excludes halogenated alkanes) is 2. The van der Waals surface area contributed by atoms with Gasteiger partial charge in [0, 0.05) is 23.3 Å². The molecule has 5 heteroatoms. The average Bonchev–Trinajstić information content (AvgIpc) is 3.05. The van der Waals surface area contributed by atoms with Gasteiger partial charge < -0.3 is 10.1 Å². The van der Waals surface area contributed by atoms with Crippen molar-refractivity contribution in [3.05, 3.63) is 101 Å². The van der Waals surface area contributed by atoms with Crippen LogP contribution in [0.25, 0.3) is 0 Å². The summed E-state index contributed by atoms with van der Waals surface area (Å²) in [5.41, 5.74) is 4.44. The number of anilines is 2. The van der Waals surface area contributed by atoms with Crippen molar-refractivity contribution in [1.82, 2.24) is 0 Å². The fraction of sp³-hybridized carbons (Fsp3) is 0.333. The minimum absolute atomic E-state index is 0.0762. The number of ether oxygens (including phenoxy) is 1. The van der Waals surface area contributed by atoms with E-state index in [4.69, 9.17) is 4.74 Å². The van der Waals surface area contributed by atoms with Gasteiger partial charge in [0.05, 0.1) is 24.0 Å². The summed E-state index contributed by atoms with van der Waals surface area (Å²) in [5, 5.41) is 3.57. The first-order valence-electron chi connectivity index (χ1n) is 13.6. The molecule has 1 atom stereocenters. The number of allylic oxidation sites excluding steroid dienone is 1. The predicted octanol–water partition coefficient (Wildman–Crippen LogP) is 7.71. The molecule has 1 N–H and O–H groups in total. The summed E-state index contributed by atoms with van der Waals surface area (Å²) >= 11 is 0. The molecule has 196 valence electrons. The number of nitrogens with one attached hydrogen (secondary N) is 1. The van der Waals surface area contributed by atoms with E-state index in [9.17, 15) is 9.59 Å². The van der Waals surface area contributed by atoms with E-state index in [1.807, 2.05) is 78.9 Å². The lowest BCUT2D eigenvalue weighted by Gasteiger charge is -2.37. The van der Waals surface area contributed by atoms with Gasteiger partial charge in [0.15, 0.2) is 5.78 Å². The molecule has 2 aliphatic rings. The number of carbonyl (C=O) groups excluding carboxylic acids is 2. The van der Waals surface area contributed by atoms with Crippen LogP contribution in [0.15, 0.2) is 90.1 Å². The van der Waals surface area contributed by atoms with Gasteiger partial charge in [-0.15, -0.1) is 0 Å². The van der Waals surface area contributed by atoms with Gasteiger partial charge in [0.2, 0.25) is 0 Å². The largest absolute Gasteiger partial charge is 0.494 e. The standard InChI is InChI=1S/C33H36N2O3/c1-4-5-11-20-38-25-18-16-23(17-19-25)31-30-27(21-33(2,3)22-29(30)36)34-26-14-9-10-15-28(26)35(31)32(37)24-12-7-6-8-13-24/h6-10,12-19,31,34H,4-5,11,20-22H2,1-3H3. The Kier molecular flexibility index (Phi) is 7.37. The number of hydrogen-bond donors (Lipinski definition) is 1. The minimum atomic E-state index is -0.563. The summed E-state index contributed by atoms with van der Waals surface area (Å²) in [4.78, 5) is 29.9. The van der Waals surface area contributed by atoms with Gasteiger partial charge in [0.25, 0.3) is 5.91 Å². The van der Waals surface area contributed by atoms with Crippen LogP contribution in [-0.4, -0.2) is 18.3 Å². The number of Topliss-reactive ketones (excluding diaryl/α,β-unsaturated/α-hetero) is 1. The molecule has 0 fully saturated rings. The summed E-state index contributed by atoms with van der Waals surface area (Å²) in [6.45, 7) is 7.10. The van der Waals surface area contributed by atoms with Crippen molar-refractivity contribution in [2.75, 3.05) is 16.8 Å². The number of fused-ring (bicyclic) bond motifs is 1. The monoisotopic (exact) mass is 508 g/mol. The molecule has 3 aromatic carbocycles. The fourth-order valence-corrected chi connectivity index (χ4v) is 5.53. The highest BCUT2D eigenvalue weighted by Crippen LogP contribution is 2.48. The quantitative estimate of drug-likeness (QED) is 0.332. The molecule has 38 heavy (non-hydrogen) atoms. The van der Waals surface area contributed by atoms with E-state index in [1.54, 1.807) is 4.90 Å². The molecular formula is C33H36N2O3. The van der Waals surface area contributed by atoms with Crippen molar-refractivity contribution < 1.29 is 14.3 Å². The van der Waals surface area contributed by atoms with Crippen molar-refractivity contribution in [2.24, 2.45) is 5.41 Å². The number of para-hydroxylation sites is 2. The SMILES string of the molecule is CCCCCOc1ccc(C2C3=C(CC(C)(C)CC3=O)Nc3ccccc3N2C(=O)c2ccccc2)cc1. The average molecular weight is 509 g/mol. The highest BCUT2D eigenvalue weighted by atomic mass is 16.5. The van der Waals surface area contributed by atoms with Crippen LogP contribution < -0.4 is 15.0 Å². The van der Waals surface area contributed by atoms with Crippen molar-refractivity contribution in [3.63, 3.8) is 0 Å². The lowest BCUT2D eigenvalue weighted by atomic mass is 9.73. The maximum atomic E-state index is 14.2. The van der Waals surface area contributed by atoms with Crippen LogP contribution in [0.5, 0.6) is 5.75 Å². The smallest absolute Gasteiger partial charge is 0.259 e. The first-order valence-corrected chi connectivity index (χ1v) is 13.6. The highest BCUT2D eigenvalue weighted by Gasteiger charge is 2.43. The maximum absolute atomic E-state index is 14.2. The second-order valence-corrected chi connectivity index (χ2v) is 11.0. The molecule has 0 spiro atoms. The van der Waals surface area contributed by atoms with Crippen LogP contribution in [0.2, 0.25) is 0 Å². The number of rotatable bonds is 7. The molecule has 5 nitrogen and oxygen atoms in total. The maximum Gasteiger partial charge on any atom is 0.259 e. The second-order valence-electron chi connectivity index (χ2n) is 11.0. The third-order valence-corrected chi connectivity index (χ3v) is 7.35. The number of nitrogens with zero attached hydrogens (tertiary/aromatic N) is 1. The van der Waals surface area contributed by atoms with Gasteiger partial charge >= 0.3 is 0 Å². The molecule has 1 heterocycles. The molecular weight excluding hydrogens is 472 g/mol. The van der Waals surface area contributed by atoms with Crippen LogP contribution in [-0.2, 0) is 4.79 Å². The Morgan fingerprint density at radius 2 is 1.66 bits per heavy atom. The number of amides is 1. The Bertz CT molecular complexity index is 1340. The highest BCUT2D eigenvalue weighted by molar-refractivity contribution is 6.12. The summed E-state index contributed by atoms with van der Waals surface area (Å²) in [5.74, 6) is 0.728. The van der Waals surface area contributed by atoms with Gasteiger partial charge in [-0.3, -0.25) is 14.5 Å². The molecule has 5 rings (SSSR count). The minimum Gasteiger partial charge on any atom is -0.494 e. The third kappa shape index (κ3) is 5.24. The van der Waals surface area contributed by atoms with E-state index in [1.165, 1.54) is 0 Å². The van der Waals surface area contributed by atoms with Gasteiger partial charge in [-0.1, -0.05) is 76.1 Å². The van der Waals surface area contributed by atoms with E-state index in [0.29, 0.717) is 24.2 Å². The molecule has 3 aromatic rings. The van der Waals surface area contributed by atoms with E-state index in [0.717, 1.165) is 54.1 Å². The molecule has 0 radical (unpaired) electrons. The second kappa shape index (κ2) is 10.9. The first-order chi connectivity index (χ1) is 18.4. The molecule has 0 aromatic heterocycles. The van der Waals surface area contributed by atoms with Crippen LogP contribution in [0.4, 0.5) is 11.4 Å². The summed E-state index contributed by atoms with van der Waals surface area (Å²) in [7, 11) is 0. The van der Waals surface area contributed by atoms with E-state index in [2.05, 4.69) is 26.1 Å². The van der Waals surface area contributed by atoms with Crippen LogP contribution >= 0.6 is 0 Å². The predicted molar refractivity (Wildman–Crippen MR) is 153 cm³/mol. The van der Waals surface area contributed by atoms with E-state index < -0.39 is 6.04 Å². The summed E-state index contributed by atoms with van der Waals surface area (Å²) in [6, 6.07) is 24.5. The first kappa shape index (κ1) is 25.8. The van der Waals surface area contributed by atoms with Crippen molar-refractivity contribution in [1.29, 1.82) is 0 Å². The van der Waals surface area contributed by atoms with E-state index >= 15 is 0 Å². The Balaban J connectivity index is 1.64. The topological polar surface area (TPSA) is 58.6 Å². The number of ketones is 1. The zero-order valence-corrected chi connectivity index (χ0v) is 22.5. The zero-order valence-electron chi connectivity index (χ0n) is 22.5. The zero-order chi connectivity index (χ0) is 26.7. The summed E-state index contributed by atoms with van der Waals surface area (Å²) < 4.78 is 5.96. The molecule has 0 bridgehead atoms. The molecule has 1 amide bonds. The summed E-state index contributed by atoms with van der Waals surface area (Å²) in [6.07, 6.45) is 4.46. The van der Waals surface area contributed by atoms with Crippen LogP contribution in [0.3, 0.4) is 0 Å². The number of carbonyl (C=O) groups is 2. The molecule has 0 saturated carbocycles. The third-order valence-electron chi connectivity index (χ3n) is 7.35. The normalized spacial score (nSPS) is 18.2. The Morgan fingerprint density at radius 1 is 0.947 bits per heavy atom. The molecule has 1 aliphatic carbocycles. The molecule has 1 unspecified atom stereocenters. The lowest BCUT2D eigenvalue weighted by Crippen LogP contribution is -2.39. The Hall–Kier alpha value is -3.86. The number of benzene rings is 3. The fourth-order valence-electron chi connectivity index (χ4n) is 5.53. The van der Waals surface area contributed by atoms with Gasteiger partial charge in [0.1, 0.15) is 5.75 Å².